The van der Waals surface area contributed by atoms with Gasteiger partial charge in [-0.1, -0.05) is 237 Å². The third kappa shape index (κ3) is 8.24. The zero-order valence-corrected chi connectivity index (χ0v) is 41.9. The molecule has 0 saturated carbocycles. The van der Waals surface area contributed by atoms with Crippen molar-refractivity contribution in [1.29, 1.82) is 0 Å². The SMILES string of the molecule is c1ccc(-c2cc(-c3ccccc3)cc(-c3cc(-c4ccccc4)c4ccc5c(-c6cc(-c7ccccc7)cc(-c7ccccc7)c6)cc(-c6cc(-c7ccccc7)cc(-c7ccccc7)c6)c6ccc3c4c56)c2)cc1. The fraction of sp³-hybridized carbons (Fsp3) is 0. The van der Waals surface area contributed by atoms with Crippen LogP contribution in [0.5, 0.6) is 0 Å². The van der Waals surface area contributed by atoms with E-state index in [2.05, 4.69) is 303 Å². The van der Waals surface area contributed by atoms with Crippen LogP contribution in [0.2, 0.25) is 0 Å². The molecule has 0 saturated heterocycles. The Labute approximate surface area is 444 Å². The summed E-state index contributed by atoms with van der Waals surface area (Å²) in [5.41, 5.74) is 23.8. The summed E-state index contributed by atoms with van der Waals surface area (Å²) in [5, 5.41) is 7.45. The van der Waals surface area contributed by atoms with Crippen molar-refractivity contribution in [1.82, 2.24) is 0 Å². The van der Waals surface area contributed by atoms with Crippen LogP contribution in [-0.2, 0) is 0 Å². The zero-order chi connectivity index (χ0) is 50.4. The number of hydrogen-bond donors (Lipinski definition) is 0. The zero-order valence-electron chi connectivity index (χ0n) is 41.9. The normalized spacial score (nSPS) is 11.4. The highest BCUT2D eigenvalue weighted by molar-refractivity contribution is 6.32. The molecule has 0 aliphatic rings. The third-order valence-corrected chi connectivity index (χ3v) is 15.4. The molecule has 0 fully saturated rings. The van der Waals surface area contributed by atoms with E-state index < -0.39 is 0 Å². The molecule has 14 aromatic carbocycles. The van der Waals surface area contributed by atoms with Gasteiger partial charge < -0.3 is 0 Å². The fourth-order valence-corrected chi connectivity index (χ4v) is 11.7. The molecular formula is C76H50. The molecule has 0 amide bonds. The standard InChI is InChI=1S/C76H50/c1-8-22-51(23-9-1)58-40-59(52-24-10-2-11-25-52)44-64(43-58)72-49-71(57-34-20-7-21-35-57)67-36-37-69-73(65-45-60(53-26-12-3-13-27-53)41-61(46-65)54-28-14-4-15-29-54)50-74(70-39-38-68(72)75(67)76(69)70)66-47-62(55-30-16-5-17-31-55)42-63(48-66)56-32-18-6-19-33-56/h1-50H. The summed E-state index contributed by atoms with van der Waals surface area (Å²) in [4.78, 5) is 0. The van der Waals surface area contributed by atoms with E-state index in [-0.39, 0.29) is 0 Å². The Morgan fingerprint density at radius 1 is 0.118 bits per heavy atom. The minimum Gasteiger partial charge on any atom is -0.0622 e. The molecule has 0 spiro atoms. The first kappa shape index (κ1) is 44.8. The average Bonchev–Trinajstić information content (AvgIpc) is 3.56. The summed E-state index contributed by atoms with van der Waals surface area (Å²) in [7, 11) is 0. The summed E-state index contributed by atoms with van der Waals surface area (Å²) in [6, 6.07) is 112. The van der Waals surface area contributed by atoms with Crippen LogP contribution in [0.1, 0.15) is 0 Å². The fourth-order valence-electron chi connectivity index (χ4n) is 11.7. The van der Waals surface area contributed by atoms with Gasteiger partial charge in [-0.25, -0.2) is 0 Å². The Balaban J connectivity index is 1.13. The lowest BCUT2D eigenvalue weighted by Gasteiger charge is -2.23. The van der Waals surface area contributed by atoms with Crippen molar-refractivity contribution < 1.29 is 0 Å². The van der Waals surface area contributed by atoms with Gasteiger partial charge in [0.05, 0.1) is 0 Å². The van der Waals surface area contributed by atoms with E-state index in [1.54, 1.807) is 0 Å². The predicted octanol–water partition coefficient (Wildman–Crippen LogP) is 21.3. The summed E-state index contributed by atoms with van der Waals surface area (Å²) in [5.74, 6) is 0. The van der Waals surface area contributed by atoms with Crippen LogP contribution in [0, 0.1) is 0 Å². The molecule has 0 heterocycles. The van der Waals surface area contributed by atoms with E-state index >= 15 is 0 Å². The van der Waals surface area contributed by atoms with Crippen LogP contribution in [0.25, 0.3) is 144 Å². The Bertz CT molecular complexity index is 4050. The predicted molar refractivity (Wildman–Crippen MR) is 325 cm³/mol. The lowest BCUT2D eigenvalue weighted by molar-refractivity contribution is 1.56. The second-order valence-corrected chi connectivity index (χ2v) is 20.0. The van der Waals surface area contributed by atoms with Crippen LogP contribution < -0.4 is 0 Å². The second-order valence-electron chi connectivity index (χ2n) is 20.0. The quantitative estimate of drug-likeness (QED) is 0.120. The maximum absolute atomic E-state index is 2.49. The second kappa shape index (κ2) is 19.2. The van der Waals surface area contributed by atoms with Gasteiger partial charge in [-0.2, -0.15) is 0 Å². The first-order valence-electron chi connectivity index (χ1n) is 26.3. The number of hydrogen-bond acceptors (Lipinski definition) is 0. The minimum atomic E-state index is 1.17. The molecule has 0 N–H and O–H groups in total. The maximum Gasteiger partial charge on any atom is -0.00139 e. The molecule has 0 aliphatic carbocycles. The van der Waals surface area contributed by atoms with E-state index in [1.807, 2.05) is 0 Å². The van der Waals surface area contributed by atoms with Crippen molar-refractivity contribution in [2.45, 2.75) is 0 Å². The Morgan fingerprint density at radius 3 is 0.500 bits per heavy atom. The molecule has 0 bridgehead atoms. The summed E-state index contributed by atoms with van der Waals surface area (Å²) in [6.45, 7) is 0. The van der Waals surface area contributed by atoms with Crippen LogP contribution in [0.4, 0.5) is 0 Å². The molecule has 0 aromatic heterocycles. The molecule has 0 nitrogen and oxygen atoms in total. The Kier molecular flexibility index (Phi) is 11.3. The van der Waals surface area contributed by atoms with Crippen LogP contribution in [-0.4, -0.2) is 0 Å². The molecule has 76 heavy (non-hydrogen) atoms. The monoisotopic (exact) mass is 962 g/mol. The van der Waals surface area contributed by atoms with Gasteiger partial charge in [0.2, 0.25) is 0 Å². The lowest BCUT2D eigenvalue weighted by Crippen LogP contribution is -1.96. The van der Waals surface area contributed by atoms with Crippen molar-refractivity contribution in [3.8, 4) is 111 Å². The van der Waals surface area contributed by atoms with Crippen molar-refractivity contribution >= 4 is 32.3 Å². The van der Waals surface area contributed by atoms with Gasteiger partial charge >= 0.3 is 0 Å². The molecule has 14 aromatic rings. The highest BCUT2D eigenvalue weighted by Gasteiger charge is 2.23. The summed E-state index contributed by atoms with van der Waals surface area (Å²) >= 11 is 0. The molecule has 0 aliphatic heterocycles. The highest BCUT2D eigenvalue weighted by Crippen LogP contribution is 2.50. The van der Waals surface area contributed by atoms with E-state index in [0.29, 0.717) is 0 Å². The van der Waals surface area contributed by atoms with Crippen LogP contribution in [0.15, 0.2) is 303 Å². The topological polar surface area (TPSA) is 0 Å². The molecule has 0 radical (unpaired) electrons. The maximum atomic E-state index is 2.49. The van der Waals surface area contributed by atoms with Crippen LogP contribution in [0.3, 0.4) is 0 Å². The smallest absolute Gasteiger partial charge is 0.00139 e. The minimum absolute atomic E-state index is 1.17. The third-order valence-electron chi connectivity index (χ3n) is 15.4. The average molecular weight is 963 g/mol. The highest BCUT2D eigenvalue weighted by atomic mass is 14.3. The molecule has 354 valence electrons. The molecule has 0 heteroatoms. The molecule has 14 rings (SSSR count). The summed E-state index contributed by atoms with van der Waals surface area (Å²) < 4.78 is 0. The van der Waals surface area contributed by atoms with E-state index in [1.165, 1.54) is 144 Å². The van der Waals surface area contributed by atoms with Crippen LogP contribution >= 0.6 is 0 Å². The lowest BCUT2D eigenvalue weighted by atomic mass is 9.80. The number of benzene rings is 14. The van der Waals surface area contributed by atoms with Gasteiger partial charge in [-0.15, -0.1) is 0 Å². The van der Waals surface area contributed by atoms with Gasteiger partial charge in [0, 0.05) is 0 Å². The van der Waals surface area contributed by atoms with E-state index in [0.717, 1.165) is 0 Å². The van der Waals surface area contributed by atoms with Crippen molar-refractivity contribution in [3.05, 3.63) is 303 Å². The first-order valence-corrected chi connectivity index (χ1v) is 26.3. The molecule has 0 atom stereocenters. The van der Waals surface area contributed by atoms with Gasteiger partial charge in [0.15, 0.2) is 0 Å². The molecular weight excluding hydrogens is 913 g/mol. The van der Waals surface area contributed by atoms with Gasteiger partial charge in [0.1, 0.15) is 0 Å². The molecule has 0 unspecified atom stereocenters. The van der Waals surface area contributed by atoms with Crippen molar-refractivity contribution in [2.75, 3.05) is 0 Å². The first-order chi connectivity index (χ1) is 37.7. The van der Waals surface area contributed by atoms with Gasteiger partial charge in [0.25, 0.3) is 0 Å². The van der Waals surface area contributed by atoms with Gasteiger partial charge in [-0.05, 0) is 210 Å². The van der Waals surface area contributed by atoms with Gasteiger partial charge in [-0.3, -0.25) is 0 Å². The Hall–Kier alpha value is -9.88. The Morgan fingerprint density at radius 2 is 0.289 bits per heavy atom. The summed E-state index contributed by atoms with van der Waals surface area (Å²) in [6.07, 6.45) is 0. The number of rotatable bonds is 10. The van der Waals surface area contributed by atoms with E-state index in [9.17, 15) is 0 Å². The van der Waals surface area contributed by atoms with Crippen molar-refractivity contribution in [2.24, 2.45) is 0 Å². The largest absolute Gasteiger partial charge is 0.0622 e. The van der Waals surface area contributed by atoms with Crippen molar-refractivity contribution in [3.63, 3.8) is 0 Å². The van der Waals surface area contributed by atoms with E-state index in [4.69, 9.17) is 0 Å².